The average Bonchev–Trinajstić information content (AvgIpc) is 2.95. The molecule has 2 aromatic rings. The van der Waals surface area contributed by atoms with Gasteiger partial charge in [0.2, 0.25) is 0 Å². The van der Waals surface area contributed by atoms with Crippen LogP contribution in [-0.2, 0) is 0 Å². The lowest BCUT2D eigenvalue weighted by Gasteiger charge is -2.09. The lowest BCUT2D eigenvalue weighted by molar-refractivity contribution is 1.45. The molecule has 0 amide bonds. The summed E-state index contributed by atoms with van der Waals surface area (Å²) in [5.74, 6) is 0. The fraction of sp³-hybridized carbons (Fsp3) is 0.0588. The van der Waals surface area contributed by atoms with Gasteiger partial charge in [-0.05, 0) is 42.8 Å². The van der Waals surface area contributed by atoms with Crippen LogP contribution < -0.4 is 10.6 Å². The molecule has 0 saturated carbocycles. The van der Waals surface area contributed by atoms with Crippen LogP contribution in [0.15, 0.2) is 84.2 Å². The van der Waals surface area contributed by atoms with Crippen LogP contribution in [0.5, 0.6) is 0 Å². The SMILES string of the molecule is C1=CC([PH+](c2ccccc2)c2ccccc2)=CC1. The van der Waals surface area contributed by atoms with Crippen molar-refractivity contribution < 1.29 is 0 Å². The van der Waals surface area contributed by atoms with Gasteiger partial charge in [0.05, 0.1) is 13.2 Å². The van der Waals surface area contributed by atoms with Gasteiger partial charge in [0.1, 0.15) is 10.6 Å². The highest BCUT2D eigenvalue weighted by atomic mass is 31.1. The average molecular weight is 251 g/mol. The summed E-state index contributed by atoms with van der Waals surface area (Å²) >= 11 is 0. The van der Waals surface area contributed by atoms with Crippen molar-refractivity contribution in [3.8, 4) is 0 Å². The van der Waals surface area contributed by atoms with Crippen molar-refractivity contribution in [3.05, 3.63) is 84.2 Å². The molecule has 0 N–H and O–H groups in total. The lowest BCUT2D eigenvalue weighted by Crippen LogP contribution is -2.11. The van der Waals surface area contributed by atoms with Crippen molar-refractivity contribution in [2.75, 3.05) is 0 Å². The van der Waals surface area contributed by atoms with Gasteiger partial charge in [-0.2, -0.15) is 0 Å². The molecule has 0 fully saturated rings. The van der Waals surface area contributed by atoms with E-state index in [0.717, 1.165) is 6.42 Å². The predicted molar refractivity (Wildman–Crippen MR) is 82.3 cm³/mol. The summed E-state index contributed by atoms with van der Waals surface area (Å²) < 4.78 is 0. The molecule has 1 aliphatic carbocycles. The van der Waals surface area contributed by atoms with Crippen LogP contribution in [0, 0.1) is 0 Å². The Kier molecular flexibility index (Phi) is 3.39. The maximum atomic E-state index is 2.37. The minimum atomic E-state index is -0.803. The van der Waals surface area contributed by atoms with E-state index >= 15 is 0 Å². The smallest absolute Gasteiger partial charge is 0.0767 e. The number of hydrogen-bond donors (Lipinski definition) is 0. The van der Waals surface area contributed by atoms with E-state index in [1.807, 2.05) is 0 Å². The fourth-order valence-electron chi connectivity index (χ4n) is 2.35. The van der Waals surface area contributed by atoms with E-state index in [9.17, 15) is 0 Å². The first-order chi connectivity index (χ1) is 8.95. The van der Waals surface area contributed by atoms with Crippen LogP contribution in [0.3, 0.4) is 0 Å². The molecule has 0 bridgehead atoms. The van der Waals surface area contributed by atoms with E-state index in [2.05, 4.69) is 78.9 Å². The largest absolute Gasteiger partial charge is 0.102 e. The zero-order valence-corrected chi connectivity index (χ0v) is 11.2. The Hall–Kier alpha value is -1.65. The minimum Gasteiger partial charge on any atom is -0.0767 e. The van der Waals surface area contributed by atoms with Crippen molar-refractivity contribution in [2.45, 2.75) is 6.42 Å². The summed E-state index contributed by atoms with van der Waals surface area (Å²) in [6, 6.07) is 21.8. The maximum absolute atomic E-state index is 2.37. The zero-order valence-electron chi connectivity index (χ0n) is 10.2. The molecule has 1 heteroatoms. The monoisotopic (exact) mass is 251 g/mol. The Bertz CT molecular complexity index is 528. The van der Waals surface area contributed by atoms with Gasteiger partial charge in [-0.15, -0.1) is 0 Å². The Morgan fingerprint density at radius 3 is 1.72 bits per heavy atom. The highest BCUT2D eigenvalue weighted by Gasteiger charge is 2.26. The number of hydrogen-bond acceptors (Lipinski definition) is 0. The van der Waals surface area contributed by atoms with Crippen molar-refractivity contribution in [1.29, 1.82) is 0 Å². The molecule has 0 heterocycles. The van der Waals surface area contributed by atoms with Crippen molar-refractivity contribution in [2.24, 2.45) is 0 Å². The van der Waals surface area contributed by atoms with Gasteiger partial charge < -0.3 is 0 Å². The van der Waals surface area contributed by atoms with E-state index in [4.69, 9.17) is 0 Å². The number of benzene rings is 2. The molecule has 0 nitrogen and oxygen atoms in total. The van der Waals surface area contributed by atoms with Gasteiger partial charge in [0, 0.05) is 0 Å². The molecule has 3 rings (SSSR count). The summed E-state index contributed by atoms with van der Waals surface area (Å²) in [5, 5.41) is 4.44. The van der Waals surface area contributed by atoms with E-state index < -0.39 is 7.92 Å². The van der Waals surface area contributed by atoms with E-state index in [0.29, 0.717) is 0 Å². The summed E-state index contributed by atoms with van der Waals surface area (Å²) in [4.78, 5) is 0. The molecule has 88 valence electrons. The molecule has 1 aliphatic rings. The highest BCUT2D eigenvalue weighted by Crippen LogP contribution is 2.45. The molecule has 0 aliphatic heterocycles. The van der Waals surface area contributed by atoms with Gasteiger partial charge in [-0.3, -0.25) is 0 Å². The molecule has 18 heavy (non-hydrogen) atoms. The first-order valence-corrected chi connectivity index (χ1v) is 7.80. The van der Waals surface area contributed by atoms with Crippen LogP contribution >= 0.6 is 7.92 Å². The molecule has 0 radical (unpaired) electrons. The molecule has 0 aromatic heterocycles. The van der Waals surface area contributed by atoms with Gasteiger partial charge in [0.15, 0.2) is 0 Å². The lowest BCUT2D eigenvalue weighted by atomic mass is 10.4. The predicted octanol–water partition coefficient (Wildman–Crippen LogP) is 3.70. The van der Waals surface area contributed by atoms with Crippen LogP contribution in [0.4, 0.5) is 0 Å². The second-order valence-corrected chi connectivity index (χ2v) is 6.89. The number of allylic oxidation sites excluding steroid dienone is 4. The van der Waals surface area contributed by atoms with Gasteiger partial charge >= 0.3 is 0 Å². The first-order valence-electron chi connectivity index (χ1n) is 6.30. The zero-order chi connectivity index (χ0) is 12.2. The normalized spacial score (nSPS) is 13.9. The third kappa shape index (κ3) is 2.30. The van der Waals surface area contributed by atoms with Gasteiger partial charge in [-0.25, -0.2) is 0 Å². The Morgan fingerprint density at radius 1 is 0.722 bits per heavy atom. The Labute approximate surface area is 109 Å². The van der Waals surface area contributed by atoms with Gasteiger partial charge in [0.25, 0.3) is 0 Å². The van der Waals surface area contributed by atoms with E-state index in [1.54, 1.807) is 0 Å². The minimum absolute atomic E-state index is 0.803. The summed E-state index contributed by atoms with van der Waals surface area (Å²) in [6.07, 6.45) is 8.01. The fourth-order valence-corrected chi connectivity index (χ4v) is 5.01. The molecule has 0 spiro atoms. The number of rotatable bonds is 3. The molecular formula is C17H16P+. The molecular weight excluding hydrogens is 235 g/mol. The van der Waals surface area contributed by atoms with Crippen LogP contribution in [0.1, 0.15) is 6.42 Å². The Balaban J connectivity index is 2.07. The Morgan fingerprint density at radius 2 is 1.28 bits per heavy atom. The quantitative estimate of drug-likeness (QED) is 0.730. The van der Waals surface area contributed by atoms with E-state index in [-0.39, 0.29) is 0 Å². The van der Waals surface area contributed by atoms with Crippen molar-refractivity contribution in [1.82, 2.24) is 0 Å². The molecule has 2 aromatic carbocycles. The molecule has 0 saturated heterocycles. The van der Waals surface area contributed by atoms with Crippen LogP contribution in [0.25, 0.3) is 0 Å². The second kappa shape index (κ2) is 5.33. The third-order valence-corrected chi connectivity index (χ3v) is 5.95. The van der Waals surface area contributed by atoms with E-state index in [1.165, 1.54) is 15.9 Å². The van der Waals surface area contributed by atoms with Crippen LogP contribution in [0.2, 0.25) is 0 Å². The summed E-state index contributed by atoms with van der Waals surface area (Å²) in [6.45, 7) is 0. The highest BCUT2D eigenvalue weighted by molar-refractivity contribution is 7.77. The standard InChI is InChI=1S/C17H15P/c1-3-9-15(10-4-1)18(17-13-7-8-14-17)16-11-5-2-6-12-16/h1-7,9-14H,8H2/p+1. The first kappa shape index (κ1) is 11.4. The van der Waals surface area contributed by atoms with Crippen molar-refractivity contribution in [3.63, 3.8) is 0 Å². The topological polar surface area (TPSA) is 0 Å². The third-order valence-electron chi connectivity index (χ3n) is 3.18. The maximum Gasteiger partial charge on any atom is 0.102 e. The second-order valence-electron chi connectivity index (χ2n) is 4.40. The molecule has 0 atom stereocenters. The van der Waals surface area contributed by atoms with Crippen molar-refractivity contribution >= 4 is 18.5 Å². The van der Waals surface area contributed by atoms with Gasteiger partial charge in [-0.1, -0.05) is 42.5 Å². The summed E-state index contributed by atoms with van der Waals surface area (Å²) in [5.41, 5.74) is 0. The van der Waals surface area contributed by atoms with Crippen LogP contribution in [-0.4, -0.2) is 0 Å². The summed E-state index contributed by atoms with van der Waals surface area (Å²) in [7, 11) is -0.803. The molecule has 0 unspecified atom stereocenters.